The van der Waals surface area contributed by atoms with E-state index in [4.69, 9.17) is 33.2 Å². The summed E-state index contributed by atoms with van der Waals surface area (Å²) in [5.41, 5.74) is 4.83. The quantitative estimate of drug-likeness (QED) is 0.244. The van der Waals surface area contributed by atoms with Crippen LogP contribution >= 0.6 is 23.2 Å². The molecule has 6 nitrogen and oxygen atoms in total. The Balaban J connectivity index is 1.61. The summed E-state index contributed by atoms with van der Waals surface area (Å²) in [7, 11) is 2.19. The molecule has 2 aromatic heterocycles. The van der Waals surface area contributed by atoms with Gasteiger partial charge in [0.15, 0.2) is 0 Å². The first-order valence-corrected chi connectivity index (χ1v) is 14.1. The summed E-state index contributed by atoms with van der Waals surface area (Å²) in [5, 5.41) is 4.52. The number of halogens is 2. The van der Waals surface area contributed by atoms with Crippen molar-refractivity contribution in [1.82, 2.24) is 24.4 Å². The largest absolute Gasteiger partial charge is 0.348 e. The van der Waals surface area contributed by atoms with Crippen LogP contribution in [-0.4, -0.2) is 44.6 Å². The zero-order valence-corrected chi connectivity index (χ0v) is 23.7. The summed E-state index contributed by atoms with van der Waals surface area (Å²) in [6.07, 6.45) is 4.98. The SMILES string of the molecule is CCCn1c(C2CCN(C)CC2)nc(-c2ccc(Cl)c(Cl)c2)c1-c1ccnc(N[C@@H](C)c2ccccc2)n1. The highest BCUT2D eigenvalue weighted by molar-refractivity contribution is 6.42. The smallest absolute Gasteiger partial charge is 0.223 e. The van der Waals surface area contributed by atoms with Crippen LogP contribution in [0.2, 0.25) is 10.0 Å². The molecule has 0 spiro atoms. The summed E-state index contributed by atoms with van der Waals surface area (Å²) in [6.45, 7) is 7.32. The summed E-state index contributed by atoms with van der Waals surface area (Å²) < 4.78 is 2.38. The monoisotopic (exact) mass is 548 g/mol. The molecule has 2 aromatic carbocycles. The van der Waals surface area contributed by atoms with Crippen molar-refractivity contribution in [3.8, 4) is 22.6 Å². The third kappa shape index (κ3) is 5.73. The van der Waals surface area contributed by atoms with Gasteiger partial charge in [0, 0.05) is 24.2 Å². The lowest BCUT2D eigenvalue weighted by atomic mass is 9.96. The molecule has 3 heterocycles. The lowest BCUT2D eigenvalue weighted by molar-refractivity contribution is 0.248. The third-order valence-electron chi connectivity index (χ3n) is 7.26. The maximum atomic E-state index is 6.47. The van der Waals surface area contributed by atoms with Gasteiger partial charge in [-0.15, -0.1) is 0 Å². The van der Waals surface area contributed by atoms with Crippen molar-refractivity contribution in [2.45, 2.75) is 51.6 Å². The third-order valence-corrected chi connectivity index (χ3v) is 8.00. The van der Waals surface area contributed by atoms with Crippen LogP contribution in [0.3, 0.4) is 0 Å². The molecule has 1 saturated heterocycles. The fourth-order valence-electron chi connectivity index (χ4n) is 5.18. The number of hydrogen-bond acceptors (Lipinski definition) is 5. The summed E-state index contributed by atoms with van der Waals surface area (Å²) in [4.78, 5) is 17.2. The van der Waals surface area contributed by atoms with E-state index in [-0.39, 0.29) is 6.04 Å². The molecule has 1 N–H and O–H groups in total. The molecule has 0 unspecified atom stereocenters. The zero-order chi connectivity index (χ0) is 26.6. The van der Waals surface area contributed by atoms with Gasteiger partial charge in [-0.3, -0.25) is 0 Å². The van der Waals surface area contributed by atoms with E-state index in [9.17, 15) is 0 Å². The topological polar surface area (TPSA) is 58.9 Å². The van der Waals surface area contributed by atoms with Crippen LogP contribution in [0.15, 0.2) is 60.8 Å². The molecule has 0 amide bonds. The minimum atomic E-state index is 0.0661. The van der Waals surface area contributed by atoms with Gasteiger partial charge in [0.25, 0.3) is 0 Å². The molecule has 0 radical (unpaired) electrons. The molecule has 4 aromatic rings. The normalized spacial score (nSPS) is 15.5. The van der Waals surface area contributed by atoms with Gasteiger partial charge in [-0.25, -0.2) is 15.0 Å². The van der Waals surface area contributed by atoms with E-state index in [0.717, 1.165) is 67.4 Å². The van der Waals surface area contributed by atoms with Crippen molar-refractivity contribution in [2.75, 3.05) is 25.5 Å². The number of nitrogens with one attached hydrogen (secondary N) is 1. The molecule has 0 saturated carbocycles. The lowest BCUT2D eigenvalue weighted by Gasteiger charge is -2.29. The molecular formula is C30H34Cl2N6. The minimum Gasteiger partial charge on any atom is -0.348 e. The Kier molecular flexibility index (Phi) is 8.32. The first-order valence-electron chi connectivity index (χ1n) is 13.3. The summed E-state index contributed by atoms with van der Waals surface area (Å²) in [6, 6.07) is 18.1. The highest BCUT2D eigenvalue weighted by Gasteiger charge is 2.28. The van der Waals surface area contributed by atoms with E-state index in [1.807, 2.05) is 48.7 Å². The van der Waals surface area contributed by atoms with E-state index in [2.05, 4.69) is 52.8 Å². The Morgan fingerprint density at radius 3 is 2.47 bits per heavy atom. The van der Waals surface area contributed by atoms with Crippen molar-refractivity contribution < 1.29 is 0 Å². The number of likely N-dealkylation sites (tertiary alicyclic amines) is 1. The Labute approximate surface area is 235 Å². The van der Waals surface area contributed by atoms with E-state index < -0.39 is 0 Å². The number of nitrogens with zero attached hydrogens (tertiary/aromatic N) is 5. The maximum Gasteiger partial charge on any atom is 0.223 e. The van der Waals surface area contributed by atoms with E-state index in [1.165, 1.54) is 5.56 Å². The van der Waals surface area contributed by atoms with Gasteiger partial charge in [0.2, 0.25) is 5.95 Å². The van der Waals surface area contributed by atoms with Crippen molar-refractivity contribution >= 4 is 29.2 Å². The number of benzene rings is 2. The number of imidazole rings is 1. The van der Waals surface area contributed by atoms with Gasteiger partial charge in [-0.2, -0.15) is 0 Å². The van der Waals surface area contributed by atoms with E-state index in [1.54, 1.807) is 0 Å². The van der Waals surface area contributed by atoms with Crippen molar-refractivity contribution in [3.63, 3.8) is 0 Å². The fraction of sp³-hybridized carbons (Fsp3) is 0.367. The van der Waals surface area contributed by atoms with Crippen LogP contribution < -0.4 is 5.32 Å². The molecule has 1 aliphatic heterocycles. The van der Waals surface area contributed by atoms with Gasteiger partial charge in [-0.05, 0) is 70.1 Å². The van der Waals surface area contributed by atoms with E-state index in [0.29, 0.717) is 21.9 Å². The average molecular weight is 550 g/mol. The second-order valence-corrected chi connectivity index (χ2v) is 10.9. The summed E-state index contributed by atoms with van der Waals surface area (Å²) >= 11 is 12.7. The van der Waals surface area contributed by atoms with Crippen LogP contribution in [0.5, 0.6) is 0 Å². The molecule has 5 rings (SSSR count). The van der Waals surface area contributed by atoms with Crippen LogP contribution in [0.4, 0.5) is 5.95 Å². The molecule has 38 heavy (non-hydrogen) atoms. The van der Waals surface area contributed by atoms with Gasteiger partial charge < -0.3 is 14.8 Å². The molecule has 8 heteroatoms. The Morgan fingerprint density at radius 2 is 1.76 bits per heavy atom. The number of hydrogen-bond donors (Lipinski definition) is 1. The second kappa shape index (κ2) is 11.9. The minimum absolute atomic E-state index is 0.0661. The Bertz CT molecular complexity index is 1380. The van der Waals surface area contributed by atoms with Crippen molar-refractivity contribution in [1.29, 1.82) is 0 Å². The van der Waals surface area contributed by atoms with Crippen LogP contribution in [0.25, 0.3) is 22.6 Å². The van der Waals surface area contributed by atoms with Gasteiger partial charge >= 0.3 is 0 Å². The molecule has 0 bridgehead atoms. The predicted octanol–water partition coefficient (Wildman–Crippen LogP) is 7.71. The molecule has 1 atom stereocenters. The number of piperidine rings is 1. The first kappa shape index (κ1) is 26.7. The molecule has 1 aliphatic rings. The number of anilines is 1. The van der Waals surface area contributed by atoms with Gasteiger partial charge in [-0.1, -0.05) is 66.5 Å². The Morgan fingerprint density at radius 1 is 1.00 bits per heavy atom. The number of rotatable bonds is 8. The van der Waals surface area contributed by atoms with Gasteiger partial charge in [0.05, 0.1) is 33.2 Å². The highest BCUT2D eigenvalue weighted by atomic mass is 35.5. The second-order valence-electron chi connectivity index (χ2n) is 10.1. The zero-order valence-electron chi connectivity index (χ0n) is 22.2. The Hall–Kier alpha value is -2.93. The first-order chi connectivity index (χ1) is 18.4. The molecular weight excluding hydrogens is 515 g/mol. The molecule has 0 aliphatic carbocycles. The van der Waals surface area contributed by atoms with Crippen LogP contribution in [-0.2, 0) is 6.54 Å². The standard InChI is InChI=1S/C30H34Cl2N6/c1-4-16-38-28(26-12-15-33-30(35-26)34-20(2)21-8-6-5-7-9-21)27(23-10-11-24(31)25(32)19-23)36-29(38)22-13-17-37(3)18-14-22/h5-12,15,19-20,22H,4,13-14,16-18H2,1-3H3,(H,33,34,35)/t20-/m0/s1. The van der Waals surface area contributed by atoms with E-state index >= 15 is 0 Å². The number of aromatic nitrogens is 4. The molecule has 1 fully saturated rings. The summed E-state index contributed by atoms with van der Waals surface area (Å²) in [5.74, 6) is 2.11. The fourth-order valence-corrected chi connectivity index (χ4v) is 5.48. The lowest BCUT2D eigenvalue weighted by Crippen LogP contribution is -2.30. The maximum absolute atomic E-state index is 6.47. The average Bonchev–Trinajstić information content (AvgIpc) is 3.30. The van der Waals surface area contributed by atoms with Crippen molar-refractivity contribution in [3.05, 3.63) is 82.2 Å². The van der Waals surface area contributed by atoms with Gasteiger partial charge in [0.1, 0.15) is 5.82 Å². The highest BCUT2D eigenvalue weighted by Crippen LogP contribution is 2.39. The predicted molar refractivity (Wildman–Crippen MR) is 157 cm³/mol. The van der Waals surface area contributed by atoms with Crippen molar-refractivity contribution in [2.24, 2.45) is 0 Å². The van der Waals surface area contributed by atoms with Crippen LogP contribution in [0, 0.1) is 0 Å². The van der Waals surface area contributed by atoms with Crippen LogP contribution in [0.1, 0.15) is 56.5 Å². The molecule has 198 valence electrons.